The van der Waals surface area contributed by atoms with E-state index in [-0.39, 0.29) is 5.54 Å². The minimum absolute atomic E-state index is 0.0414. The van der Waals surface area contributed by atoms with Crippen LogP contribution in [0.15, 0.2) is 0 Å². The fourth-order valence-electron chi connectivity index (χ4n) is 4.72. The molecule has 0 amide bonds. The second-order valence-corrected chi connectivity index (χ2v) is 9.54. The van der Waals surface area contributed by atoms with E-state index in [1.54, 1.807) is 0 Å². The maximum atomic E-state index is 7.33. The summed E-state index contributed by atoms with van der Waals surface area (Å²) in [6.07, 6.45) is 14.0. The first-order valence-electron chi connectivity index (χ1n) is 13.0. The predicted molar refractivity (Wildman–Crippen MR) is 130 cm³/mol. The Bertz CT molecular complexity index is 354. The minimum atomic E-state index is -0.0414. The van der Waals surface area contributed by atoms with E-state index in [4.69, 9.17) is 5.73 Å². The smallest absolute Gasteiger partial charge is 0.0325 e. The van der Waals surface area contributed by atoms with Gasteiger partial charge >= 0.3 is 0 Å². The minimum Gasteiger partial charge on any atom is -0.324 e. The maximum absolute atomic E-state index is 7.33. The molecule has 1 fully saturated rings. The molecule has 0 radical (unpaired) electrons. The summed E-state index contributed by atoms with van der Waals surface area (Å²) in [7, 11) is 0. The van der Waals surface area contributed by atoms with Crippen LogP contribution in [0.4, 0.5) is 0 Å². The van der Waals surface area contributed by atoms with Crippen LogP contribution in [0.2, 0.25) is 0 Å². The summed E-state index contributed by atoms with van der Waals surface area (Å²) < 4.78 is 0. The molecule has 0 aromatic carbocycles. The zero-order valence-corrected chi connectivity index (χ0v) is 20.5. The Labute approximate surface area is 183 Å². The van der Waals surface area contributed by atoms with Crippen LogP contribution in [0.5, 0.6) is 0 Å². The van der Waals surface area contributed by atoms with Crippen molar-refractivity contribution < 1.29 is 0 Å². The Morgan fingerprint density at radius 2 is 1.17 bits per heavy atom. The molecule has 0 aliphatic carbocycles. The monoisotopic (exact) mass is 410 g/mol. The molecule has 1 atom stereocenters. The van der Waals surface area contributed by atoms with E-state index in [2.05, 4.69) is 42.8 Å². The molecule has 0 aromatic rings. The second kappa shape index (κ2) is 16.5. The number of rotatable bonds is 18. The molecule has 0 saturated carbocycles. The van der Waals surface area contributed by atoms with Gasteiger partial charge in [-0.3, -0.25) is 0 Å². The van der Waals surface area contributed by atoms with Gasteiger partial charge in [-0.15, -0.1) is 0 Å². The van der Waals surface area contributed by atoms with Crippen molar-refractivity contribution in [1.29, 1.82) is 0 Å². The second-order valence-electron chi connectivity index (χ2n) is 9.54. The Balaban J connectivity index is 2.81. The molecule has 4 nitrogen and oxygen atoms in total. The van der Waals surface area contributed by atoms with Crippen molar-refractivity contribution in [2.24, 2.45) is 11.7 Å². The molecular weight excluding hydrogens is 356 g/mol. The van der Waals surface area contributed by atoms with Crippen molar-refractivity contribution in [1.82, 2.24) is 15.1 Å². The fourth-order valence-corrected chi connectivity index (χ4v) is 4.72. The van der Waals surface area contributed by atoms with Crippen molar-refractivity contribution in [3.63, 3.8) is 0 Å². The average Bonchev–Trinajstić information content (AvgIpc) is 2.75. The Kier molecular flexibility index (Phi) is 15.3. The van der Waals surface area contributed by atoms with Gasteiger partial charge in [-0.05, 0) is 96.7 Å². The molecule has 1 rings (SSSR count). The molecule has 4 heteroatoms. The molecule has 0 spiro atoms. The third kappa shape index (κ3) is 11.1. The van der Waals surface area contributed by atoms with Gasteiger partial charge in [0.25, 0.3) is 0 Å². The fraction of sp³-hybridized carbons (Fsp3) is 1.00. The van der Waals surface area contributed by atoms with Crippen LogP contribution in [0.1, 0.15) is 98.3 Å². The van der Waals surface area contributed by atoms with Gasteiger partial charge in [-0.25, -0.2) is 0 Å². The first kappa shape index (κ1) is 26.9. The molecule has 0 bridgehead atoms. The third-order valence-electron chi connectivity index (χ3n) is 6.88. The summed E-state index contributed by atoms with van der Waals surface area (Å²) in [5.41, 5.74) is 7.29. The maximum Gasteiger partial charge on any atom is 0.0325 e. The lowest BCUT2D eigenvalue weighted by Gasteiger charge is -2.44. The zero-order valence-electron chi connectivity index (χ0n) is 20.5. The van der Waals surface area contributed by atoms with Crippen LogP contribution in [0.3, 0.4) is 0 Å². The van der Waals surface area contributed by atoms with Gasteiger partial charge in [-0.1, -0.05) is 53.4 Å². The summed E-state index contributed by atoms with van der Waals surface area (Å²) in [6.45, 7) is 18.7. The summed E-state index contributed by atoms with van der Waals surface area (Å²) >= 11 is 0. The quantitative estimate of drug-likeness (QED) is 0.338. The predicted octanol–water partition coefficient (Wildman–Crippen LogP) is 4.88. The lowest BCUT2D eigenvalue weighted by molar-refractivity contribution is 0.110. The standard InChI is InChI=1S/C25H54N4/c1-5-9-18-28(19-10-6-2)22-15-25(26,24-13-16-27-17-14-24)23-29(20-11-7-3)21-12-8-4/h24,27H,5-23,26H2,1-4H3. The highest BCUT2D eigenvalue weighted by atomic mass is 15.2. The number of nitrogens with two attached hydrogens (primary N) is 1. The molecule has 29 heavy (non-hydrogen) atoms. The molecule has 3 N–H and O–H groups in total. The highest BCUT2D eigenvalue weighted by molar-refractivity contribution is 4.96. The van der Waals surface area contributed by atoms with E-state index in [1.165, 1.54) is 96.9 Å². The number of piperidine rings is 1. The van der Waals surface area contributed by atoms with Gasteiger partial charge in [0, 0.05) is 12.1 Å². The average molecular weight is 411 g/mol. The van der Waals surface area contributed by atoms with Gasteiger partial charge in [0.05, 0.1) is 0 Å². The van der Waals surface area contributed by atoms with Gasteiger partial charge in [0.15, 0.2) is 0 Å². The van der Waals surface area contributed by atoms with Crippen molar-refractivity contribution in [3.05, 3.63) is 0 Å². The van der Waals surface area contributed by atoms with Crippen LogP contribution in [-0.2, 0) is 0 Å². The zero-order chi connectivity index (χ0) is 21.4. The first-order chi connectivity index (χ1) is 14.1. The number of nitrogens with one attached hydrogen (secondary N) is 1. The van der Waals surface area contributed by atoms with Crippen molar-refractivity contribution in [2.75, 3.05) is 52.4 Å². The Morgan fingerprint density at radius 3 is 1.62 bits per heavy atom. The molecule has 1 saturated heterocycles. The van der Waals surface area contributed by atoms with E-state index in [9.17, 15) is 0 Å². The van der Waals surface area contributed by atoms with Crippen molar-refractivity contribution in [3.8, 4) is 0 Å². The van der Waals surface area contributed by atoms with Crippen LogP contribution in [0, 0.1) is 5.92 Å². The molecule has 174 valence electrons. The van der Waals surface area contributed by atoms with E-state index < -0.39 is 0 Å². The van der Waals surface area contributed by atoms with E-state index >= 15 is 0 Å². The van der Waals surface area contributed by atoms with Crippen LogP contribution in [0.25, 0.3) is 0 Å². The van der Waals surface area contributed by atoms with Crippen LogP contribution < -0.4 is 11.1 Å². The number of hydrogen-bond donors (Lipinski definition) is 2. The van der Waals surface area contributed by atoms with Gasteiger partial charge in [-0.2, -0.15) is 0 Å². The number of hydrogen-bond acceptors (Lipinski definition) is 4. The van der Waals surface area contributed by atoms with Gasteiger partial charge in [0.2, 0.25) is 0 Å². The molecular formula is C25H54N4. The SMILES string of the molecule is CCCCN(CCCC)CCC(N)(CN(CCCC)CCCC)C1CCNCC1. The third-order valence-corrected chi connectivity index (χ3v) is 6.88. The van der Waals surface area contributed by atoms with Gasteiger partial charge < -0.3 is 20.9 Å². The lowest BCUT2D eigenvalue weighted by atomic mass is 9.76. The lowest BCUT2D eigenvalue weighted by Crippen LogP contribution is -2.59. The summed E-state index contributed by atoms with van der Waals surface area (Å²) in [5.74, 6) is 0.661. The Hall–Kier alpha value is -0.160. The molecule has 1 unspecified atom stereocenters. The van der Waals surface area contributed by atoms with Crippen molar-refractivity contribution in [2.45, 2.75) is 104 Å². The normalized spacial score (nSPS) is 17.9. The highest BCUT2D eigenvalue weighted by Crippen LogP contribution is 2.29. The van der Waals surface area contributed by atoms with E-state index in [1.807, 2.05) is 0 Å². The summed E-state index contributed by atoms with van der Waals surface area (Å²) in [4.78, 5) is 5.41. The largest absolute Gasteiger partial charge is 0.324 e. The molecule has 1 aliphatic rings. The number of nitrogens with zero attached hydrogens (tertiary/aromatic N) is 2. The van der Waals surface area contributed by atoms with Crippen molar-refractivity contribution >= 4 is 0 Å². The molecule has 1 heterocycles. The Morgan fingerprint density at radius 1 is 0.724 bits per heavy atom. The van der Waals surface area contributed by atoms with Crippen LogP contribution in [-0.4, -0.2) is 67.7 Å². The number of unbranched alkanes of at least 4 members (excludes halogenated alkanes) is 4. The van der Waals surface area contributed by atoms with E-state index in [0.717, 1.165) is 26.1 Å². The van der Waals surface area contributed by atoms with Gasteiger partial charge in [0.1, 0.15) is 0 Å². The van der Waals surface area contributed by atoms with Crippen LogP contribution >= 0.6 is 0 Å². The molecule has 1 aliphatic heterocycles. The topological polar surface area (TPSA) is 44.5 Å². The summed E-state index contributed by atoms with van der Waals surface area (Å²) in [6, 6.07) is 0. The summed E-state index contributed by atoms with van der Waals surface area (Å²) in [5, 5.41) is 3.55. The highest BCUT2D eigenvalue weighted by Gasteiger charge is 2.37. The van der Waals surface area contributed by atoms with E-state index in [0.29, 0.717) is 5.92 Å². The first-order valence-corrected chi connectivity index (χ1v) is 13.0. The molecule has 0 aromatic heterocycles.